The van der Waals surface area contributed by atoms with Crippen molar-refractivity contribution < 1.29 is 13.2 Å². The maximum atomic E-state index is 13.4. The van der Waals surface area contributed by atoms with Crippen LogP contribution in [0.4, 0.5) is 5.69 Å². The van der Waals surface area contributed by atoms with Crippen LogP contribution < -0.4 is 4.31 Å². The monoisotopic (exact) mass is 526 g/mol. The van der Waals surface area contributed by atoms with Crippen LogP contribution in [0, 0.1) is 20.8 Å². The first-order valence-corrected chi connectivity index (χ1v) is 12.9. The molecule has 0 saturated heterocycles. The molecule has 0 spiro atoms. The van der Waals surface area contributed by atoms with E-state index in [9.17, 15) is 13.2 Å². The van der Waals surface area contributed by atoms with E-state index < -0.39 is 15.9 Å². The van der Waals surface area contributed by atoms with Crippen molar-refractivity contribution in [2.45, 2.75) is 27.3 Å². The Morgan fingerprint density at radius 3 is 2.48 bits per heavy atom. The van der Waals surface area contributed by atoms with E-state index in [0.717, 1.165) is 48.6 Å². The number of halogens is 1. The molecular weight excluding hydrogens is 504 g/mol. The van der Waals surface area contributed by atoms with Gasteiger partial charge in [-0.1, -0.05) is 18.2 Å². The van der Waals surface area contributed by atoms with Crippen molar-refractivity contribution in [1.82, 2.24) is 14.8 Å². The van der Waals surface area contributed by atoms with Crippen LogP contribution >= 0.6 is 15.9 Å². The third kappa shape index (κ3) is 4.69. The number of hydrogen-bond acceptors (Lipinski definition) is 5. The van der Waals surface area contributed by atoms with E-state index in [-0.39, 0.29) is 11.3 Å². The summed E-state index contributed by atoms with van der Waals surface area (Å²) in [6.07, 6.45) is 1.03. The average molecular weight is 527 g/mol. The first kappa shape index (κ1) is 23.1. The molecule has 4 aromatic rings. The Balaban J connectivity index is 1.71. The summed E-state index contributed by atoms with van der Waals surface area (Å²) >= 11 is 3.52. The number of rotatable bonds is 5. The number of anilines is 1. The second kappa shape index (κ2) is 8.72. The Morgan fingerprint density at radius 1 is 1.06 bits per heavy atom. The van der Waals surface area contributed by atoms with Crippen LogP contribution in [0.5, 0.6) is 0 Å². The molecule has 170 valence electrons. The Bertz CT molecular complexity index is 1500. The number of carbonyl (C=O) groups is 1. The number of amides is 1. The molecular formula is C24H23BrN4O3S. The van der Waals surface area contributed by atoms with Crippen LogP contribution in [0.1, 0.15) is 33.0 Å². The quantitative estimate of drug-likeness (QED) is 0.373. The van der Waals surface area contributed by atoms with E-state index in [1.54, 1.807) is 36.4 Å². The number of hydrogen-bond donors (Lipinski definition) is 0. The molecule has 33 heavy (non-hydrogen) atoms. The SMILES string of the molecule is Cc1ccc2cc(N(C(=O)c3cccc(Cn4nc(C)c(Br)c4C)c3)S(C)(=O)=O)ccc2n1. The summed E-state index contributed by atoms with van der Waals surface area (Å²) in [5, 5.41) is 5.26. The molecule has 0 bridgehead atoms. The topological polar surface area (TPSA) is 85.2 Å². The van der Waals surface area contributed by atoms with Crippen LogP contribution in [0.25, 0.3) is 10.9 Å². The summed E-state index contributed by atoms with van der Waals surface area (Å²) in [4.78, 5) is 17.9. The average Bonchev–Trinajstić information content (AvgIpc) is 2.99. The maximum absolute atomic E-state index is 13.4. The molecule has 0 N–H and O–H groups in total. The molecule has 0 aliphatic rings. The molecule has 0 radical (unpaired) electrons. The van der Waals surface area contributed by atoms with Crippen LogP contribution in [0.2, 0.25) is 0 Å². The molecule has 9 heteroatoms. The van der Waals surface area contributed by atoms with Gasteiger partial charge in [-0.15, -0.1) is 0 Å². The molecule has 0 fully saturated rings. The molecule has 0 saturated carbocycles. The van der Waals surface area contributed by atoms with E-state index in [0.29, 0.717) is 6.54 Å². The largest absolute Gasteiger partial charge is 0.272 e. The number of aryl methyl sites for hydroxylation is 2. The van der Waals surface area contributed by atoms with E-state index >= 15 is 0 Å². The Kier molecular flexibility index (Phi) is 6.11. The Labute approximate surface area is 201 Å². The predicted octanol–water partition coefficient (Wildman–Crippen LogP) is 4.77. The van der Waals surface area contributed by atoms with Crippen LogP contribution in [0.3, 0.4) is 0 Å². The minimum atomic E-state index is -3.88. The number of pyridine rings is 1. The van der Waals surface area contributed by atoms with Gasteiger partial charge in [-0.3, -0.25) is 14.5 Å². The minimum Gasteiger partial charge on any atom is -0.268 e. The van der Waals surface area contributed by atoms with Gasteiger partial charge in [0, 0.05) is 16.6 Å². The Morgan fingerprint density at radius 2 is 1.82 bits per heavy atom. The van der Waals surface area contributed by atoms with Gasteiger partial charge in [0.1, 0.15) is 0 Å². The zero-order chi connectivity index (χ0) is 23.9. The highest BCUT2D eigenvalue weighted by atomic mass is 79.9. The summed E-state index contributed by atoms with van der Waals surface area (Å²) in [7, 11) is -3.88. The number of fused-ring (bicyclic) bond motifs is 1. The van der Waals surface area contributed by atoms with Gasteiger partial charge in [-0.2, -0.15) is 5.10 Å². The molecule has 7 nitrogen and oxygen atoms in total. The second-order valence-corrected chi connectivity index (χ2v) is 10.6. The van der Waals surface area contributed by atoms with Crippen molar-refractivity contribution in [3.8, 4) is 0 Å². The fourth-order valence-electron chi connectivity index (χ4n) is 3.72. The van der Waals surface area contributed by atoms with Crippen molar-refractivity contribution in [3.05, 3.63) is 87.3 Å². The van der Waals surface area contributed by atoms with Crippen molar-refractivity contribution in [3.63, 3.8) is 0 Å². The fraction of sp³-hybridized carbons (Fsp3) is 0.208. The molecule has 0 unspecified atom stereocenters. The lowest BCUT2D eigenvalue weighted by molar-refractivity contribution is 0.101. The molecule has 1 amide bonds. The number of benzene rings is 2. The molecule has 0 aliphatic carbocycles. The smallest absolute Gasteiger partial charge is 0.268 e. The Hall–Kier alpha value is -3.04. The summed E-state index contributed by atoms with van der Waals surface area (Å²) in [5.41, 5.74) is 4.83. The summed E-state index contributed by atoms with van der Waals surface area (Å²) < 4.78 is 29.0. The number of carbonyl (C=O) groups excluding carboxylic acids is 1. The zero-order valence-electron chi connectivity index (χ0n) is 18.7. The highest BCUT2D eigenvalue weighted by molar-refractivity contribution is 9.10. The normalized spacial score (nSPS) is 11.7. The van der Waals surface area contributed by atoms with E-state index in [1.807, 2.05) is 43.7 Å². The molecule has 0 atom stereocenters. The lowest BCUT2D eigenvalue weighted by Gasteiger charge is -2.21. The van der Waals surface area contributed by atoms with Crippen molar-refractivity contribution >= 4 is 48.5 Å². The maximum Gasteiger partial charge on any atom is 0.272 e. The minimum absolute atomic E-state index is 0.272. The third-order valence-corrected chi connectivity index (χ3v) is 7.55. The van der Waals surface area contributed by atoms with Crippen molar-refractivity contribution in [1.29, 1.82) is 0 Å². The van der Waals surface area contributed by atoms with E-state index in [4.69, 9.17) is 0 Å². The standard InChI is InChI=1S/C24H23BrN4O3S/c1-15-8-9-19-13-21(10-11-22(19)26-15)29(33(4,31)32)24(30)20-7-5-6-18(12-20)14-28-17(3)23(25)16(2)27-28/h5-13H,14H2,1-4H3. The zero-order valence-corrected chi connectivity index (χ0v) is 21.1. The van der Waals surface area contributed by atoms with Crippen molar-refractivity contribution in [2.75, 3.05) is 10.6 Å². The van der Waals surface area contributed by atoms with Gasteiger partial charge < -0.3 is 0 Å². The van der Waals surface area contributed by atoms with Gasteiger partial charge in [-0.05, 0) is 78.7 Å². The highest BCUT2D eigenvalue weighted by Crippen LogP contribution is 2.26. The summed E-state index contributed by atoms with van der Waals surface area (Å²) in [6.45, 7) is 6.22. The highest BCUT2D eigenvalue weighted by Gasteiger charge is 2.27. The molecule has 2 aromatic heterocycles. The predicted molar refractivity (Wildman–Crippen MR) is 133 cm³/mol. The van der Waals surface area contributed by atoms with Gasteiger partial charge in [0.2, 0.25) is 10.0 Å². The lowest BCUT2D eigenvalue weighted by atomic mass is 10.1. The van der Waals surface area contributed by atoms with Crippen LogP contribution in [-0.2, 0) is 16.6 Å². The molecule has 4 rings (SSSR count). The van der Waals surface area contributed by atoms with Crippen LogP contribution in [0.15, 0.2) is 59.1 Å². The van der Waals surface area contributed by atoms with E-state index in [1.165, 1.54) is 0 Å². The summed E-state index contributed by atoms with van der Waals surface area (Å²) in [5.74, 6) is -0.617. The summed E-state index contributed by atoms with van der Waals surface area (Å²) in [6, 6.07) is 15.7. The van der Waals surface area contributed by atoms with Gasteiger partial charge in [0.15, 0.2) is 0 Å². The van der Waals surface area contributed by atoms with E-state index in [2.05, 4.69) is 26.0 Å². The lowest BCUT2D eigenvalue weighted by Crippen LogP contribution is -2.36. The first-order chi connectivity index (χ1) is 15.5. The molecule has 2 aromatic carbocycles. The third-order valence-electron chi connectivity index (χ3n) is 5.36. The van der Waals surface area contributed by atoms with Gasteiger partial charge >= 0.3 is 0 Å². The number of nitrogens with zero attached hydrogens (tertiary/aromatic N) is 4. The molecule has 0 aliphatic heterocycles. The van der Waals surface area contributed by atoms with Gasteiger partial charge in [0.25, 0.3) is 5.91 Å². The second-order valence-electron chi connectivity index (χ2n) is 8.01. The number of sulfonamides is 1. The van der Waals surface area contributed by atoms with Gasteiger partial charge in [0.05, 0.1) is 39.9 Å². The van der Waals surface area contributed by atoms with Gasteiger partial charge in [-0.25, -0.2) is 12.7 Å². The fourth-order valence-corrected chi connectivity index (χ4v) is 4.91. The van der Waals surface area contributed by atoms with Crippen LogP contribution in [-0.4, -0.2) is 35.3 Å². The first-order valence-electron chi connectivity index (χ1n) is 10.2. The van der Waals surface area contributed by atoms with Crippen molar-refractivity contribution in [2.24, 2.45) is 0 Å². The molecule has 2 heterocycles. The number of aromatic nitrogens is 3.